The van der Waals surface area contributed by atoms with Crippen LogP contribution < -0.4 is 5.32 Å². The van der Waals surface area contributed by atoms with E-state index < -0.39 is 5.97 Å². The molecule has 0 aliphatic heterocycles. The maximum Gasteiger partial charge on any atom is 0.335 e. The molecule has 1 heterocycles. The Morgan fingerprint density at radius 2 is 1.69 bits per heavy atom. The molecule has 0 unspecified atom stereocenters. The number of carbonyl (C=O) groups is 2. The van der Waals surface area contributed by atoms with E-state index in [0.29, 0.717) is 24.4 Å². The number of nitrogens with one attached hydrogen (secondary N) is 1. The van der Waals surface area contributed by atoms with Gasteiger partial charge < -0.3 is 10.4 Å². The highest BCUT2D eigenvalue weighted by atomic mass is 16.4. The van der Waals surface area contributed by atoms with Crippen LogP contribution in [0.1, 0.15) is 26.4 Å². The molecule has 0 fully saturated rings. The Kier molecular flexibility index (Phi) is 5.34. The van der Waals surface area contributed by atoms with Crippen LogP contribution in [0.2, 0.25) is 0 Å². The van der Waals surface area contributed by atoms with E-state index in [9.17, 15) is 14.7 Å². The lowest BCUT2D eigenvalue weighted by Gasteiger charge is -2.08. The summed E-state index contributed by atoms with van der Waals surface area (Å²) >= 11 is 0. The highest BCUT2D eigenvalue weighted by Gasteiger charge is 2.11. The summed E-state index contributed by atoms with van der Waals surface area (Å²) in [5.74, 6) is -0.818. The van der Waals surface area contributed by atoms with Crippen LogP contribution in [-0.4, -0.2) is 33.5 Å². The van der Waals surface area contributed by atoms with Gasteiger partial charge in [-0.05, 0) is 24.1 Å². The molecule has 1 amide bonds. The average Bonchev–Trinajstić information content (AvgIpc) is 2.69. The zero-order valence-corrected chi connectivity index (χ0v) is 13.9. The van der Waals surface area contributed by atoms with Gasteiger partial charge in [0.05, 0.1) is 5.56 Å². The van der Waals surface area contributed by atoms with Crippen molar-refractivity contribution >= 4 is 11.9 Å². The molecule has 0 aliphatic rings. The van der Waals surface area contributed by atoms with Crippen molar-refractivity contribution in [3.63, 3.8) is 0 Å². The first-order valence-corrected chi connectivity index (χ1v) is 8.13. The molecule has 6 heteroatoms. The van der Waals surface area contributed by atoms with E-state index in [1.807, 2.05) is 30.3 Å². The van der Waals surface area contributed by atoms with Gasteiger partial charge in [-0.25, -0.2) is 14.8 Å². The summed E-state index contributed by atoms with van der Waals surface area (Å²) in [5, 5.41) is 12.0. The Hall–Kier alpha value is -3.54. The summed E-state index contributed by atoms with van der Waals surface area (Å²) in [6.07, 6.45) is 1.97. The molecular weight excluding hydrogens is 330 g/mol. The second kappa shape index (κ2) is 8.02. The Morgan fingerprint density at radius 1 is 0.962 bits per heavy atom. The molecule has 1 aromatic heterocycles. The van der Waals surface area contributed by atoms with Crippen molar-refractivity contribution in [3.8, 4) is 11.4 Å². The van der Waals surface area contributed by atoms with Crippen LogP contribution in [0.4, 0.5) is 0 Å². The van der Waals surface area contributed by atoms with E-state index in [2.05, 4.69) is 15.3 Å². The predicted octanol–water partition coefficient (Wildman–Crippen LogP) is 2.81. The van der Waals surface area contributed by atoms with Crippen LogP contribution in [0.25, 0.3) is 11.4 Å². The minimum absolute atomic E-state index is 0.246. The molecule has 0 saturated heterocycles. The summed E-state index contributed by atoms with van der Waals surface area (Å²) in [6, 6.07) is 17.7. The first-order valence-electron chi connectivity index (χ1n) is 8.13. The molecule has 6 nitrogen and oxygen atoms in total. The van der Waals surface area contributed by atoms with E-state index in [4.69, 9.17) is 0 Å². The summed E-state index contributed by atoms with van der Waals surface area (Å²) in [6.45, 7) is 0.313. The monoisotopic (exact) mass is 347 g/mol. The third-order valence-electron chi connectivity index (χ3n) is 3.85. The van der Waals surface area contributed by atoms with Crippen molar-refractivity contribution in [2.45, 2.75) is 6.42 Å². The Labute approximate surface area is 150 Å². The van der Waals surface area contributed by atoms with Crippen LogP contribution >= 0.6 is 0 Å². The molecule has 3 aromatic rings. The topological polar surface area (TPSA) is 92.2 Å². The van der Waals surface area contributed by atoms with Gasteiger partial charge >= 0.3 is 5.97 Å². The van der Waals surface area contributed by atoms with Gasteiger partial charge in [0.2, 0.25) is 0 Å². The number of aromatic nitrogens is 2. The van der Waals surface area contributed by atoms with Crippen LogP contribution in [0.15, 0.2) is 66.9 Å². The lowest BCUT2D eigenvalue weighted by atomic mass is 10.0. The second-order valence-electron chi connectivity index (χ2n) is 5.60. The molecule has 2 N–H and O–H groups in total. The molecular formula is C20H17N3O3. The van der Waals surface area contributed by atoms with E-state index in [0.717, 1.165) is 5.56 Å². The summed E-state index contributed by atoms with van der Waals surface area (Å²) in [7, 11) is 0. The largest absolute Gasteiger partial charge is 0.478 e. The molecule has 0 atom stereocenters. The normalized spacial score (nSPS) is 10.3. The van der Waals surface area contributed by atoms with Crippen LogP contribution in [-0.2, 0) is 6.42 Å². The maximum atomic E-state index is 12.3. The van der Waals surface area contributed by atoms with Gasteiger partial charge in [-0.2, -0.15) is 0 Å². The average molecular weight is 347 g/mol. The third kappa shape index (κ3) is 4.10. The Bertz CT molecular complexity index is 926. The Balaban J connectivity index is 1.65. The quantitative estimate of drug-likeness (QED) is 0.715. The number of carbonyl (C=O) groups excluding carboxylic acids is 1. The van der Waals surface area contributed by atoms with Crippen LogP contribution in [0, 0.1) is 0 Å². The number of rotatable bonds is 6. The van der Waals surface area contributed by atoms with Gasteiger partial charge in [0, 0.05) is 18.3 Å². The number of hydrogen-bond acceptors (Lipinski definition) is 4. The fraction of sp³-hybridized carbons (Fsp3) is 0.100. The van der Waals surface area contributed by atoms with Crippen molar-refractivity contribution in [3.05, 3.63) is 83.7 Å². The van der Waals surface area contributed by atoms with Crippen molar-refractivity contribution in [1.82, 2.24) is 15.3 Å². The number of carboxylic acid groups (broad SMARTS) is 1. The summed E-state index contributed by atoms with van der Waals surface area (Å²) < 4.78 is 0. The molecule has 0 aliphatic carbocycles. The van der Waals surface area contributed by atoms with Gasteiger partial charge in [0.25, 0.3) is 5.91 Å². The fourth-order valence-electron chi connectivity index (χ4n) is 2.56. The number of amides is 1. The highest BCUT2D eigenvalue weighted by molar-refractivity contribution is 5.92. The first-order chi connectivity index (χ1) is 12.6. The number of hydrogen-bond donors (Lipinski definition) is 2. The fourth-order valence-corrected chi connectivity index (χ4v) is 2.56. The lowest BCUT2D eigenvalue weighted by Crippen LogP contribution is -2.27. The standard InChI is InChI=1S/C20H17N3O3/c24-19(22-12-10-14-6-4-5-9-16(14)20(25)26)17-11-13-21-18(23-17)15-7-2-1-3-8-15/h1-9,11,13H,10,12H2,(H,22,24)(H,25,26). The molecule has 3 rings (SSSR count). The van der Waals surface area contributed by atoms with Gasteiger partial charge in [-0.15, -0.1) is 0 Å². The van der Waals surface area contributed by atoms with Crippen molar-refractivity contribution in [1.29, 1.82) is 0 Å². The maximum absolute atomic E-state index is 12.3. The van der Waals surface area contributed by atoms with Gasteiger partial charge in [0.15, 0.2) is 5.82 Å². The van der Waals surface area contributed by atoms with Crippen LogP contribution in [0.3, 0.4) is 0 Å². The number of aromatic carboxylic acids is 1. The minimum Gasteiger partial charge on any atom is -0.478 e. The van der Waals surface area contributed by atoms with E-state index in [1.165, 1.54) is 0 Å². The van der Waals surface area contributed by atoms with E-state index in [-0.39, 0.29) is 17.2 Å². The molecule has 130 valence electrons. The first kappa shape index (κ1) is 17.3. The summed E-state index contributed by atoms with van der Waals surface area (Å²) in [4.78, 5) is 32.0. The van der Waals surface area contributed by atoms with E-state index in [1.54, 1.807) is 36.5 Å². The molecule has 26 heavy (non-hydrogen) atoms. The predicted molar refractivity (Wildman–Crippen MR) is 96.9 cm³/mol. The molecule has 0 radical (unpaired) electrons. The van der Waals surface area contributed by atoms with Crippen molar-refractivity contribution in [2.75, 3.05) is 6.54 Å². The van der Waals surface area contributed by atoms with Gasteiger partial charge in [-0.1, -0.05) is 48.5 Å². The number of nitrogens with zero attached hydrogens (tertiary/aromatic N) is 2. The zero-order valence-electron chi connectivity index (χ0n) is 13.9. The van der Waals surface area contributed by atoms with Gasteiger partial charge in [0.1, 0.15) is 5.69 Å². The highest BCUT2D eigenvalue weighted by Crippen LogP contribution is 2.13. The Morgan fingerprint density at radius 3 is 2.46 bits per heavy atom. The molecule has 0 saturated carbocycles. The number of benzene rings is 2. The zero-order chi connectivity index (χ0) is 18.4. The minimum atomic E-state index is -0.977. The van der Waals surface area contributed by atoms with E-state index >= 15 is 0 Å². The summed E-state index contributed by atoms with van der Waals surface area (Å²) in [5.41, 5.74) is 2.02. The van der Waals surface area contributed by atoms with Gasteiger partial charge in [-0.3, -0.25) is 4.79 Å². The van der Waals surface area contributed by atoms with Crippen LogP contribution in [0.5, 0.6) is 0 Å². The molecule has 0 bridgehead atoms. The smallest absolute Gasteiger partial charge is 0.335 e. The van der Waals surface area contributed by atoms with Crippen molar-refractivity contribution in [2.24, 2.45) is 0 Å². The third-order valence-corrected chi connectivity index (χ3v) is 3.85. The SMILES string of the molecule is O=C(NCCc1ccccc1C(=O)O)c1ccnc(-c2ccccc2)n1. The number of carboxylic acids is 1. The lowest BCUT2D eigenvalue weighted by molar-refractivity contribution is 0.0695. The van der Waals surface area contributed by atoms with Crippen molar-refractivity contribution < 1.29 is 14.7 Å². The second-order valence-corrected chi connectivity index (χ2v) is 5.60. The molecule has 2 aromatic carbocycles. The molecule has 0 spiro atoms.